The second-order valence-electron chi connectivity index (χ2n) is 1.57. The minimum atomic E-state index is -0.265. The topological polar surface area (TPSA) is 26.3 Å². The van der Waals surface area contributed by atoms with Gasteiger partial charge in [-0.1, -0.05) is 15.9 Å². The average Bonchev–Trinajstić information content (AvgIpc) is 2.40. The van der Waals surface area contributed by atoms with E-state index in [4.69, 9.17) is 4.74 Å². The van der Waals surface area contributed by atoms with E-state index in [0.29, 0.717) is 5.75 Å². The largest absolute Gasteiger partial charge is 0.425 e. The van der Waals surface area contributed by atoms with Gasteiger partial charge in [0.05, 0.1) is 0 Å². The van der Waals surface area contributed by atoms with Crippen molar-refractivity contribution in [3.63, 3.8) is 0 Å². The summed E-state index contributed by atoms with van der Waals surface area (Å²) in [4.78, 5) is 10.6. The van der Waals surface area contributed by atoms with Gasteiger partial charge in [0.2, 0.25) is 0 Å². The molecule has 0 atom stereocenters. The fraction of sp³-hybridized carbons (Fsp3) is 0.167. The molecule has 54 valence electrons. The third kappa shape index (κ3) is 2.11. The molecule has 0 radical (unpaired) electrons. The minimum absolute atomic E-state index is 0.239. The van der Waals surface area contributed by atoms with Crippen LogP contribution in [0, 0.1) is 0 Å². The van der Waals surface area contributed by atoms with Crippen LogP contribution >= 0.6 is 27.3 Å². The molecule has 0 bridgehead atoms. The molecule has 1 aromatic heterocycles. The highest BCUT2D eigenvalue weighted by atomic mass is 79.9. The fourth-order valence-electron chi connectivity index (χ4n) is 0.469. The van der Waals surface area contributed by atoms with Gasteiger partial charge in [0.15, 0.2) is 0 Å². The zero-order chi connectivity index (χ0) is 7.40. The van der Waals surface area contributed by atoms with Crippen molar-refractivity contribution in [1.82, 2.24) is 0 Å². The number of hydrogen-bond acceptors (Lipinski definition) is 3. The van der Waals surface area contributed by atoms with Crippen molar-refractivity contribution >= 4 is 33.2 Å². The molecule has 0 saturated heterocycles. The van der Waals surface area contributed by atoms with Crippen LogP contribution in [0.3, 0.4) is 0 Å². The van der Waals surface area contributed by atoms with E-state index in [1.54, 1.807) is 11.4 Å². The molecule has 0 amide bonds. The molecule has 0 saturated carbocycles. The number of carbonyl (C=O) groups is 1. The Labute approximate surface area is 70.9 Å². The molecular formula is C6H5BrO2S. The Bertz CT molecular complexity index is 208. The van der Waals surface area contributed by atoms with Crippen LogP contribution in [0.15, 0.2) is 16.8 Å². The van der Waals surface area contributed by atoms with Crippen LogP contribution in [0.1, 0.15) is 0 Å². The number of halogens is 1. The van der Waals surface area contributed by atoms with Gasteiger partial charge in [-0.05, 0) is 11.4 Å². The van der Waals surface area contributed by atoms with Crippen molar-refractivity contribution in [2.24, 2.45) is 0 Å². The lowest BCUT2D eigenvalue weighted by Crippen LogP contribution is -2.07. The molecule has 2 nitrogen and oxygen atoms in total. The van der Waals surface area contributed by atoms with Crippen LogP contribution < -0.4 is 4.74 Å². The number of rotatable bonds is 2. The first-order valence-electron chi connectivity index (χ1n) is 2.62. The Hall–Kier alpha value is -0.350. The smallest absolute Gasteiger partial charge is 0.321 e. The number of hydrogen-bond donors (Lipinski definition) is 0. The molecule has 0 spiro atoms. The Morgan fingerprint density at radius 1 is 1.80 bits per heavy atom. The van der Waals surface area contributed by atoms with E-state index in [9.17, 15) is 4.79 Å². The van der Waals surface area contributed by atoms with Crippen LogP contribution in [0.5, 0.6) is 5.75 Å². The summed E-state index contributed by atoms with van der Waals surface area (Å²) >= 11 is 4.49. The van der Waals surface area contributed by atoms with Gasteiger partial charge in [0.25, 0.3) is 0 Å². The van der Waals surface area contributed by atoms with Crippen LogP contribution in [0.2, 0.25) is 0 Å². The average molecular weight is 221 g/mol. The van der Waals surface area contributed by atoms with Crippen molar-refractivity contribution in [3.8, 4) is 5.75 Å². The van der Waals surface area contributed by atoms with Crippen LogP contribution in [0.4, 0.5) is 0 Å². The molecule has 1 heterocycles. The molecule has 4 heteroatoms. The number of thiophene rings is 1. The molecule has 0 aliphatic carbocycles. The summed E-state index contributed by atoms with van der Waals surface area (Å²) in [6, 6.07) is 1.76. The van der Waals surface area contributed by atoms with Gasteiger partial charge < -0.3 is 4.74 Å². The zero-order valence-corrected chi connectivity index (χ0v) is 7.44. The van der Waals surface area contributed by atoms with Gasteiger partial charge >= 0.3 is 5.97 Å². The van der Waals surface area contributed by atoms with Gasteiger partial charge in [0, 0.05) is 5.38 Å². The molecule has 1 aromatic rings. The van der Waals surface area contributed by atoms with E-state index in [0.717, 1.165) is 0 Å². The van der Waals surface area contributed by atoms with E-state index in [2.05, 4.69) is 15.9 Å². The van der Waals surface area contributed by atoms with E-state index < -0.39 is 0 Å². The quantitative estimate of drug-likeness (QED) is 0.564. The van der Waals surface area contributed by atoms with Crippen molar-refractivity contribution in [2.45, 2.75) is 0 Å². The normalized spacial score (nSPS) is 9.30. The van der Waals surface area contributed by atoms with Crippen LogP contribution in [-0.4, -0.2) is 11.3 Å². The number of esters is 1. The van der Waals surface area contributed by atoms with E-state index >= 15 is 0 Å². The fourth-order valence-corrected chi connectivity index (χ4v) is 1.14. The lowest BCUT2D eigenvalue weighted by atomic mass is 10.6. The van der Waals surface area contributed by atoms with E-state index in [1.165, 1.54) is 11.3 Å². The predicted molar refractivity (Wildman–Crippen MR) is 43.7 cm³/mol. The number of ether oxygens (including phenoxy) is 1. The molecule has 0 unspecified atom stereocenters. The third-order valence-corrected chi connectivity index (χ3v) is 1.96. The standard InChI is InChI=1S/C6H5BrO2S/c7-3-6(8)9-5-1-2-10-4-5/h1-2,4H,3H2. The lowest BCUT2D eigenvalue weighted by Gasteiger charge is -1.95. The maximum atomic E-state index is 10.6. The Morgan fingerprint density at radius 3 is 3.10 bits per heavy atom. The second-order valence-corrected chi connectivity index (χ2v) is 2.91. The molecule has 0 aliphatic rings. The SMILES string of the molecule is O=C(CBr)Oc1ccsc1. The summed E-state index contributed by atoms with van der Waals surface area (Å²) in [5.74, 6) is 0.354. The lowest BCUT2D eigenvalue weighted by molar-refractivity contribution is -0.131. The first-order valence-corrected chi connectivity index (χ1v) is 4.68. The molecular weight excluding hydrogens is 216 g/mol. The molecule has 0 aromatic carbocycles. The predicted octanol–water partition coefficient (Wildman–Crippen LogP) is 2.05. The Kier molecular flexibility index (Phi) is 2.89. The van der Waals surface area contributed by atoms with E-state index in [1.807, 2.05) is 5.38 Å². The zero-order valence-electron chi connectivity index (χ0n) is 5.04. The summed E-state index contributed by atoms with van der Waals surface area (Å²) in [5, 5.41) is 3.88. The van der Waals surface area contributed by atoms with Crippen molar-refractivity contribution in [1.29, 1.82) is 0 Å². The molecule has 0 aliphatic heterocycles. The van der Waals surface area contributed by atoms with Crippen molar-refractivity contribution in [3.05, 3.63) is 16.8 Å². The van der Waals surface area contributed by atoms with Gasteiger partial charge in [-0.25, -0.2) is 0 Å². The molecule has 1 rings (SSSR count). The number of carbonyl (C=O) groups excluding carboxylic acids is 1. The Balaban J connectivity index is 2.48. The summed E-state index contributed by atoms with van der Waals surface area (Å²) < 4.78 is 4.83. The molecule has 10 heavy (non-hydrogen) atoms. The molecule has 0 fully saturated rings. The van der Waals surface area contributed by atoms with Crippen molar-refractivity contribution < 1.29 is 9.53 Å². The van der Waals surface area contributed by atoms with E-state index in [-0.39, 0.29) is 11.3 Å². The van der Waals surface area contributed by atoms with Gasteiger partial charge in [-0.3, -0.25) is 4.79 Å². The maximum Gasteiger partial charge on any atom is 0.321 e. The number of alkyl halides is 1. The highest BCUT2D eigenvalue weighted by Crippen LogP contribution is 2.14. The minimum Gasteiger partial charge on any atom is -0.425 e. The van der Waals surface area contributed by atoms with Crippen molar-refractivity contribution in [2.75, 3.05) is 5.33 Å². The van der Waals surface area contributed by atoms with Gasteiger partial charge in [-0.15, -0.1) is 11.3 Å². The highest BCUT2D eigenvalue weighted by molar-refractivity contribution is 9.09. The maximum absolute atomic E-state index is 10.6. The first-order chi connectivity index (χ1) is 4.83. The van der Waals surface area contributed by atoms with Crippen LogP contribution in [0.25, 0.3) is 0 Å². The highest BCUT2D eigenvalue weighted by Gasteiger charge is 2.00. The summed E-state index contributed by atoms with van der Waals surface area (Å²) in [7, 11) is 0. The van der Waals surface area contributed by atoms with Crippen LogP contribution in [-0.2, 0) is 4.79 Å². The first kappa shape index (κ1) is 7.75. The summed E-state index contributed by atoms with van der Waals surface area (Å²) in [6.07, 6.45) is 0. The summed E-state index contributed by atoms with van der Waals surface area (Å²) in [5.41, 5.74) is 0. The Morgan fingerprint density at radius 2 is 2.60 bits per heavy atom. The second kappa shape index (κ2) is 3.73. The van der Waals surface area contributed by atoms with Gasteiger partial charge in [-0.2, -0.15) is 0 Å². The summed E-state index contributed by atoms with van der Waals surface area (Å²) in [6.45, 7) is 0. The third-order valence-electron chi connectivity index (χ3n) is 0.836. The van der Waals surface area contributed by atoms with Gasteiger partial charge in [0.1, 0.15) is 11.1 Å². The monoisotopic (exact) mass is 220 g/mol. The molecule has 0 N–H and O–H groups in total.